The van der Waals surface area contributed by atoms with Crippen LogP contribution in [0.5, 0.6) is 17.2 Å². The van der Waals surface area contributed by atoms with E-state index in [1.165, 1.54) is 25.1 Å². The molecule has 158 valence electrons. The number of aromatic amines is 1. The zero-order chi connectivity index (χ0) is 22.1. The maximum absolute atomic E-state index is 12.8. The molecule has 0 unspecified atom stereocenters. The fourth-order valence-corrected chi connectivity index (χ4v) is 3.25. The molecule has 1 amide bonds. The van der Waals surface area contributed by atoms with Gasteiger partial charge in [-0.2, -0.15) is 5.10 Å². The highest BCUT2D eigenvalue weighted by molar-refractivity contribution is 6.08. The minimum atomic E-state index is -0.768. The Bertz CT molecular complexity index is 1340. The van der Waals surface area contributed by atoms with Crippen LogP contribution in [0.1, 0.15) is 15.9 Å². The minimum absolute atomic E-state index is 0.248. The monoisotopic (exact) mass is 420 g/mol. The molecule has 9 heteroatoms. The highest BCUT2D eigenvalue weighted by Crippen LogP contribution is 2.31. The van der Waals surface area contributed by atoms with E-state index in [0.29, 0.717) is 22.9 Å². The van der Waals surface area contributed by atoms with E-state index >= 15 is 0 Å². The van der Waals surface area contributed by atoms with Crippen molar-refractivity contribution in [3.8, 4) is 22.9 Å². The average molecular weight is 420 g/mol. The fourth-order valence-electron chi connectivity index (χ4n) is 3.25. The van der Waals surface area contributed by atoms with Crippen molar-refractivity contribution in [3.05, 3.63) is 70.1 Å². The van der Waals surface area contributed by atoms with Crippen LogP contribution in [0, 0.1) is 6.92 Å². The molecular formula is C22H20N4O5. The van der Waals surface area contributed by atoms with E-state index in [-0.39, 0.29) is 11.0 Å². The second kappa shape index (κ2) is 7.86. The summed E-state index contributed by atoms with van der Waals surface area (Å²) in [5, 5.41) is 17.8. The number of hydrogen-bond acceptors (Lipinski definition) is 6. The Kier molecular flexibility index (Phi) is 5.08. The third kappa shape index (κ3) is 3.57. The number of H-pyrrole nitrogens is 1. The number of methoxy groups -OCH3 is 2. The third-order valence-corrected chi connectivity index (χ3v) is 4.87. The molecule has 4 aromatic rings. The fraction of sp³-hybridized carbons (Fsp3) is 0.136. The molecule has 0 spiro atoms. The molecule has 0 saturated heterocycles. The molecule has 2 aromatic carbocycles. The van der Waals surface area contributed by atoms with Gasteiger partial charge in [-0.25, -0.2) is 4.68 Å². The Morgan fingerprint density at radius 3 is 2.48 bits per heavy atom. The number of fused-ring (bicyclic) bond motifs is 1. The summed E-state index contributed by atoms with van der Waals surface area (Å²) in [5.74, 6) is -0.314. The van der Waals surface area contributed by atoms with Crippen LogP contribution in [0.15, 0.2) is 53.5 Å². The quantitative estimate of drug-likeness (QED) is 0.457. The Morgan fingerprint density at radius 2 is 1.81 bits per heavy atom. The van der Waals surface area contributed by atoms with Gasteiger partial charge in [0.15, 0.2) is 11.5 Å². The number of nitrogens with zero attached hydrogens (tertiary/aromatic N) is 2. The summed E-state index contributed by atoms with van der Waals surface area (Å²) >= 11 is 0. The molecule has 0 bridgehead atoms. The lowest BCUT2D eigenvalue weighted by molar-refractivity contribution is 0.102. The SMILES string of the molecule is COc1ccc(NC(=O)c2c(O)c3cnn(-c4ccc(C)cc4)c3[nH]c2=O)cc1OC. The summed E-state index contributed by atoms with van der Waals surface area (Å²) in [6.45, 7) is 1.96. The van der Waals surface area contributed by atoms with Gasteiger partial charge in [0, 0.05) is 11.8 Å². The summed E-state index contributed by atoms with van der Waals surface area (Å²) in [4.78, 5) is 28.1. The Morgan fingerprint density at radius 1 is 1.10 bits per heavy atom. The van der Waals surface area contributed by atoms with Crippen LogP contribution in [-0.2, 0) is 0 Å². The molecule has 0 saturated carbocycles. The molecule has 4 rings (SSSR count). The van der Waals surface area contributed by atoms with Gasteiger partial charge in [0.25, 0.3) is 11.5 Å². The van der Waals surface area contributed by atoms with Crippen LogP contribution in [-0.4, -0.2) is 40.0 Å². The summed E-state index contributed by atoms with van der Waals surface area (Å²) in [7, 11) is 2.97. The number of pyridine rings is 1. The Balaban J connectivity index is 1.72. The van der Waals surface area contributed by atoms with Crippen LogP contribution in [0.2, 0.25) is 0 Å². The molecular weight excluding hydrogens is 400 g/mol. The van der Waals surface area contributed by atoms with Gasteiger partial charge in [0.1, 0.15) is 17.0 Å². The highest BCUT2D eigenvalue weighted by Gasteiger charge is 2.22. The molecule has 2 aromatic heterocycles. The van der Waals surface area contributed by atoms with Gasteiger partial charge < -0.3 is 24.9 Å². The summed E-state index contributed by atoms with van der Waals surface area (Å²) < 4.78 is 11.9. The van der Waals surface area contributed by atoms with E-state index in [1.54, 1.807) is 18.2 Å². The van der Waals surface area contributed by atoms with Gasteiger partial charge in [-0.15, -0.1) is 0 Å². The predicted molar refractivity (Wildman–Crippen MR) is 116 cm³/mol. The van der Waals surface area contributed by atoms with Crippen molar-refractivity contribution in [2.24, 2.45) is 0 Å². The van der Waals surface area contributed by atoms with E-state index < -0.39 is 22.8 Å². The number of aromatic nitrogens is 3. The number of carbonyl (C=O) groups is 1. The maximum atomic E-state index is 12.8. The van der Waals surface area contributed by atoms with Crippen molar-refractivity contribution >= 4 is 22.6 Å². The number of ether oxygens (including phenoxy) is 2. The van der Waals surface area contributed by atoms with E-state index in [0.717, 1.165) is 5.56 Å². The highest BCUT2D eigenvalue weighted by atomic mass is 16.5. The van der Waals surface area contributed by atoms with E-state index in [9.17, 15) is 14.7 Å². The summed E-state index contributed by atoms with van der Waals surface area (Å²) in [6, 6.07) is 12.3. The molecule has 0 aliphatic rings. The standard InChI is InChI=1S/C22H20N4O5/c1-12-4-7-14(8-5-12)26-20-15(11-23-26)19(27)18(22(29)25-20)21(28)24-13-6-9-16(30-2)17(10-13)31-3/h4-11H,1-3H3,(H,24,28)(H2,25,27,29). The lowest BCUT2D eigenvalue weighted by Gasteiger charge is -2.11. The van der Waals surface area contributed by atoms with Crippen molar-refractivity contribution in [1.82, 2.24) is 14.8 Å². The largest absolute Gasteiger partial charge is 0.506 e. The van der Waals surface area contributed by atoms with Crippen LogP contribution in [0.3, 0.4) is 0 Å². The number of rotatable bonds is 5. The van der Waals surface area contributed by atoms with Crippen LogP contribution in [0.25, 0.3) is 16.7 Å². The number of hydrogen-bond donors (Lipinski definition) is 3. The van der Waals surface area contributed by atoms with Crippen molar-refractivity contribution in [2.75, 3.05) is 19.5 Å². The third-order valence-electron chi connectivity index (χ3n) is 4.87. The number of carbonyl (C=O) groups excluding carboxylic acids is 1. The van der Waals surface area contributed by atoms with Gasteiger partial charge in [-0.05, 0) is 31.2 Å². The number of anilines is 1. The molecule has 3 N–H and O–H groups in total. The van der Waals surface area contributed by atoms with Crippen molar-refractivity contribution in [2.45, 2.75) is 6.92 Å². The van der Waals surface area contributed by atoms with Gasteiger partial charge in [-0.3, -0.25) is 9.59 Å². The Hall–Kier alpha value is -4.27. The first kappa shape index (κ1) is 20.0. The van der Waals surface area contributed by atoms with Gasteiger partial charge in [0.05, 0.1) is 31.5 Å². The molecule has 0 atom stereocenters. The number of aromatic hydroxyl groups is 1. The summed E-state index contributed by atoms with van der Waals surface area (Å²) in [6.07, 6.45) is 1.40. The molecule has 0 aliphatic heterocycles. The molecule has 0 fully saturated rings. The normalized spacial score (nSPS) is 10.8. The molecule has 31 heavy (non-hydrogen) atoms. The van der Waals surface area contributed by atoms with Crippen LogP contribution < -0.4 is 20.3 Å². The van der Waals surface area contributed by atoms with E-state index in [2.05, 4.69) is 15.4 Å². The smallest absolute Gasteiger partial charge is 0.266 e. The van der Waals surface area contributed by atoms with Crippen molar-refractivity contribution in [1.29, 1.82) is 0 Å². The molecule has 2 heterocycles. The second-order valence-corrected chi connectivity index (χ2v) is 6.86. The topological polar surface area (TPSA) is 118 Å². The van der Waals surface area contributed by atoms with E-state index in [1.807, 2.05) is 31.2 Å². The first-order valence-corrected chi connectivity index (χ1v) is 9.36. The van der Waals surface area contributed by atoms with Gasteiger partial charge >= 0.3 is 0 Å². The number of aryl methyl sites for hydroxylation is 1. The van der Waals surface area contributed by atoms with Crippen LogP contribution in [0.4, 0.5) is 5.69 Å². The second-order valence-electron chi connectivity index (χ2n) is 6.86. The lowest BCUT2D eigenvalue weighted by Crippen LogP contribution is -2.23. The molecule has 0 radical (unpaired) electrons. The molecule has 0 aliphatic carbocycles. The first-order valence-electron chi connectivity index (χ1n) is 9.36. The lowest BCUT2D eigenvalue weighted by atomic mass is 10.1. The predicted octanol–water partition coefficient (Wildman–Crippen LogP) is 3.00. The van der Waals surface area contributed by atoms with E-state index in [4.69, 9.17) is 9.47 Å². The zero-order valence-corrected chi connectivity index (χ0v) is 17.1. The number of amides is 1. The van der Waals surface area contributed by atoms with Crippen molar-refractivity contribution < 1.29 is 19.4 Å². The van der Waals surface area contributed by atoms with Crippen LogP contribution >= 0.6 is 0 Å². The number of benzene rings is 2. The first-order chi connectivity index (χ1) is 14.9. The van der Waals surface area contributed by atoms with Gasteiger partial charge in [0.2, 0.25) is 0 Å². The zero-order valence-electron chi connectivity index (χ0n) is 17.1. The Labute approximate surface area is 176 Å². The van der Waals surface area contributed by atoms with Gasteiger partial charge in [-0.1, -0.05) is 17.7 Å². The van der Waals surface area contributed by atoms with Crippen molar-refractivity contribution in [3.63, 3.8) is 0 Å². The maximum Gasteiger partial charge on any atom is 0.266 e. The minimum Gasteiger partial charge on any atom is -0.506 e. The number of nitrogens with one attached hydrogen (secondary N) is 2. The average Bonchev–Trinajstić information content (AvgIpc) is 3.18. The molecule has 9 nitrogen and oxygen atoms in total. The summed E-state index contributed by atoms with van der Waals surface area (Å²) in [5.41, 5.74) is 1.29.